The van der Waals surface area contributed by atoms with E-state index in [9.17, 15) is 5.26 Å². The van der Waals surface area contributed by atoms with Crippen LogP contribution in [0.3, 0.4) is 0 Å². The van der Waals surface area contributed by atoms with E-state index in [1.807, 2.05) is 91.0 Å². The lowest BCUT2D eigenvalue weighted by Gasteiger charge is -2.11. The number of hydrogen-bond acceptors (Lipinski definition) is 6. The molecule has 2 heterocycles. The van der Waals surface area contributed by atoms with E-state index in [4.69, 9.17) is 24.9 Å². The lowest BCUT2D eigenvalue weighted by molar-refractivity contribution is 1.07. The van der Waals surface area contributed by atoms with E-state index >= 15 is 0 Å². The van der Waals surface area contributed by atoms with Crippen molar-refractivity contribution in [1.29, 1.82) is 5.26 Å². The van der Waals surface area contributed by atoms with E-state index < -0.39 is 0 Å². The van der Waals surface area contributed by atoms with Crippen molar-refractivity contribution in [2.24, 2.45) is 0 Å². The molecule has 0 aliphatic carbocycles. The van der Waals surface area contributed by atoms with Crippen LogP contribution in [-0.2, 0) is 0 Å². The van der Waals surface area contributed by atoms with Crippen LogP contribution in [0.2, 0.25) is 0 Å². The van der Waals surface area contributed by atoms with Gasteiger partial charge in [0, 0.05) is 33.4 Å². The van der Waals surface area contributed by atoms with Crippen molar-refractivity contribution in [2.45, 2.75) is 0 Å². The first-order valence-electron chi connectivity index (χ1n) is 18.3. The molecule has 0 N–H and O–H groups in total. The average molecular weight is 717 g/mol. The molecule has 2 aromatic heterocycles. The maximum Gasteiger partial charge on any atom is 0.164 e. The summed E-state index contributed by atoms with van der Waals surface area (Å²) in [5, 5.41) is 9.33. The van der Waals surface area contributed by atoms with Crippen LogP contribution in [0, 0.1) is 11.3 Å². The minimum Gasteiger partial charge on any atom is -0.228 e. The van der Waals surface area contributed by atoms with Crippen molar-refractivity contribution < 1.29 is 0 Å². The molecule has 0 spiro atoms. The number of hydrogen-bond donors (Lipinski definition) is 0. The topological polar surface area (TPSA) is 88.2 Å². The van der Waals surface area contributed by atoms with Gasteiger partial charge in [-0.1, -0.05) is 158 Å². The Morgan fingerprint density at radius 3 is 1.11 bits per heavy atom. The molecule has 0 radical (unpaired) electrons. The summed E-state index contributed by atoms with van der Waals surface area (Å²) in [6.07, 6.45) is 0. The van der Waals surface area contributed by atoms with E-state index in [1.165, 1.54) is 5.56 Å². The molecule has 7 aromatic carbocycles. The van der Waals surface area contributed by atoms with Gasteiger partial charge in [-0.25, -0.2) is 24.9 Å². The average Bonchev–Trinajstić information content (AvgIpc) is 3.30. The predicted octanol–water partition coefficient (Wildman–Crippen LogP) is 11.9. The third-order valence-corrected chi connectivity index (χ3v) is 9.62. The molecule has 0 atom stereocenters. The van der Waals surface area contributed by atoms with E-state index in [0.717, 1.165) is 61.5 Å². The molecule has 0 fully saturated rings. The quantitative estimate of drug-likeness (QED) is 0.156. The second kappa shape index (κ2) is 15.2. The molecule has 0 amide bonds. The summed E-state index contributed by atoms with van der Waals surface area (Å²) in [6.45, 7) is 0. The largest absolute Gasteiger partial charge is 0.228 e. The lowest BCUT2D eigenvalue weighted by atomic mass is 9.99. The molecular weight excluding hydrogens is 685 g/mol. The molecule has 0 saturated heterocycles. The van der Waals surface area contributed by atoms with E-state index in [0.29, 0.717) is 28.9 Å². The Kier molecular flexibility index (Phi) is 9.23. The van der Waals surface area contributed by atoms with Crippen molar-refractivity contribution in [1.82, 2.24) is 24.9 Å². The zero-order valence-corrected chi connectivity index (χ0v) is 30.2. The summed E-state index contributed by atoms with van der Waals surface area (Å²) in [5.41, 5.74) is 12.2. The number of nitrogens with zero attached hydrogens (tertiary/aromatic N) is 6. The number of rotatable bonds is 8. The third-order valence-electron chi connectivity index (χ3n) is 9.62. The predicted molar refractivity (Wildman–Crippen MR) is 224 cm³/mol. The first-order valence-corrected chi connectivity index (χ1v) is 18.3. The smallest absolute Gasteiger partial charge is 0.164 e. The van der Waals surface area contributed by atoms with Crippen LogP contribution in [0.1, 0.15) is 5.56 Å². The van der Waals surface area contributed by atoms with Gasteiger partial charge in [0.1, 0.15) is 0 Å². The summed E-state index contributed by atoms with van der Waals surface area (Å²) in [4.78, 5) is 24.7. The van der Waals surface area contributed by atoms with Crippen LogP contribution in [0.15, 0.2) is 194 Å². The Bertz CT molecular complexity index is 2820. The zero-order chi connectivity index (χ0) is 37.7. The highest BCUT2D eigenvalue weighted by Crippen LogP contribution is 2.32. The maximum absolute atomic E-state index is 9.33. The standard InChI is InChI=1S/C50H32N6/c51-33-34-19-21-42(22-20-34)49-54-48(41-15-8-3-9-16-41)55-50(56-49)44-18-10-17-43(31-44)37-25-29-39(30-26-37)46-32-45(52-47(53-46)40-13-6-2-7-14-40)38-27-23-36(24-28-38)35-11-4-1-5-12-35/h1-32H. The fourth-order valence-corrected chi connectivity index (χ4v) is 6.64. The van der Waals surface area contributed by atoms with Crippen LogP contribution in [-0.4, -0.2) is 24.9 Å². The number of nitriles is 1. The molecule has 0 aliphatic rings. The lowest BCUT2D eigenvalue weighted by Crippen LogP contribution is -2.00. The van der Waals surface area contributed by atoms with Crippen molar-refractivity contribution in [3.63, 3.8) is 0 Å². The van der Waals surface area contributed by atoms with Crippen molar-refractivity contribution >= 4 is 0 Å². The van der Waals surface area contributed by atoms with E-state index in [1.54, 1.807) is 12.1 Å². The Morgan fingerprint density at radius 1 is 0.268 bits per heavy atom. The first kappa shape index (κ1) is 33.9. The molecule has 0 unspecified atom stereocenters. The van der Waals surface area contributed by atoms with Gasteiger partial charge in [-0.05, 0) is 58.7 Å². The van der Waals surface area contributed by atoms with Gasteiger partial charge in [0.15, 0.2) is 23.3 Å². The van der Waals surface area contributed by atoms with Crippen molar-refractivity contribution in [2.75, 3.05) is 0 Å². The van der Waals surface area contributed by atoms with Gasteiger partial charge >= 0.3 is 0 Å². The van der Waals surface area contributed by atoms with Gasteiger partial charge in [-0.2, -0.15) is 5.26 Å². The fraction of sp³-hybridized carbons (Fsp3) is 0. The Balaban J connectivity index is 1.06. The summed E-state index contributed by atoms with van der Waals surface area (Å²) < 4.78 is 0. The summed E-state index contributed by atoms with van der Waals surface area (Å²) in [7, 11) is 0. The van der Waals surface area contributed by atoms with Crippen LogP contribution in [0.4, 0.5) is 0 Å². The van der Waals surface area contributed by atoms with Crippen LogP contribution < -0.4 is 0 Å². The Labute approximate surface area is 325 Å². The molecule has 56 heavy (non-hydrogen) atoms. The minimum absolute atomic E-state index is 0.541. The molecule has 0 saturated carbocycles. The summed E-state index contributed by atoms with van der Waals surface area (Å²) >= 11 is 0. The molecule has 6 heteroatoms. The SMILES string of the molecule is N#Cc1ccc(-c2nc(-c3ccccc3)nc(-c3cccc(-c4ccc(-c5cc(-c6ccc(-c7ccccc7)cc6)nc(-c6ccccc6)n5)cc4)c3)n2)cc1. The van der Waals surface area contributed by atoms with E-state index in [2.05, 4.69) is 97.1 Å². The minimum atomic E-state index is 0.541. The second-order valence-corrected chi connectivity index (χ2v) is 13.3. The molecule has 9 aromatic rings. The number of benzene rings is 7. The third kappa shape index (κ3) is 7.21. The van der Waals surface area contributed by atoms with Gasteiger partial charge in [0.05, 0.1) is 23.0 Å². The normalized spacial score (nSPS) is 10.8. The molecule has 0 aliphatic heterocycles. The van der Waals surface area contributed by atoms with E-state index in [-0.39, 0.29) is 0 Å². The Morgan fingerprint density at radius 2 is 0.607 bits per heavy atom. The summed E-state index contributed by atoms with van der Waals surface area (Å²) in [6, 6.07) is 67.2. The molecule has 0 bridgehead atoms. The number of aromatic nitrogens is 5. The highest BCUT2D eigenvalue weighted by atomic mass is 15.0. The molecule has 262 valence electrons. The van der Waals surface area contributed by atoms with Crippen molar-refractivity contribution in [3.8, 4) is 96.4 Å². The second-order valence-electron chi connectivity index (χ2n) is 13.3. The van der Waals surface area contributed by atoms with Gasteiger partial charge in [0.2, 0.25) is 0 Å². The monoisotopic (exact) mass is 716 g/mol. The maximum atomic E-state index is 9.33. The molecule has 6 nitrogen and oxygen atoms in total. The Hall–Kier alpha value is -7.88. The molecule has 9 rings (SSSR count). The molecular formula is C50H32N6. The zero-order valence-electron chi connectivity index (χ0n) is 30.2. The fourth-order valence-electron chi connectivity index (χ4n) is 6.64. The van der Waals surface area contributed by atoms with Gasteiger partial charge in [0.25, 0.3) is 0 Å². The highest BCUT2D eigenvalue weighted by Gasteiger charge is 2.15. The van der Waals surface area contributed by atoms with Crippen molar-refractivity contribution in [3.05, 3.63) is 200 Å². The van der Waals surface area contributed by atoms with Gasteiger partial charge in [-0.15, -0.1) is 0 Å². The summed E-state index contributed by atoms with van der Waals surface area (Å²) in [5.74, 6) is 2.36. The van der Waals surface area contributed by atoms with Gasteiger partial charge < -0.3 is 0 Å². The van der Waals surface area contributed by atoms with Crippen LogP contribution >= 0.6 is 0 Å². The van der Waals surface area contributed by atoms with Gasteiger partial charge in [-0.3, -0.25) is 0 Å². The first-order chi connectivity index (χ1) is 27.7. The van der Waals surface area contributed by atoms with Crippen LogP contribution in [0.5, 0.6) is 0 Å². The van der Waals surface area contributed by atoms with Crippen LogP contribution in [0.25, 0.3) is 90.3 Å². The highest BCUT2D eigenvalue weighted by molar-refractivity contribution is 5.77.